The Labute approximate surface area is 127 Å². The van der Waals surface area contributed by atoms with Crippen molar-refractivity contribution < 1.29 is 5.11 Å². The first-order chi connectivity index (χ1) is 10.2. The van der Waals surface area contributed by atoms with Crippen LogP contribution < -0.4 is 0 Å². The minimum absolute atomic E-state index is 0.531. The van der Waals surface area contributed by atoms with Crippen LogP contribution in [0.1, 0.15) is 22.9 Å². The van der Waals surface area contributed by atoms with Gasteiger partial charge in [-0.3, -0.25) is 0 Å². The lowest BCUT2D eigenvalue weighted by Gasteiger charge is -2.14. The summed E-state index contributed by atoms with van der Waals surface area (Å²) in [5.74, 6) is 0. The molecule has 5 heteroatoms. The molecule has 0 bridgehead atoms. The SMILES string of the molecule is Cc1ccc(C(O)c2cnnn2-c2ccccc2)c(Cl)c1. The lowest BCUT2D eigenvalue weighted by Crippen LogP contribution is -2.09. The molecule has 0 fully saturated rings. The first kappa shape index (κ1) is 13.8. The minimum Gasteiger partial charge on any atom is -0.382 e. The third kappa shape index (κ3) is 2.68. The van der Waals surface area contributed by atoms with E-state index in [4.69, 9.17) is 11.6 Å². The van der Waals surface area contributed by atoms with Gasteiger partial charge in [-0.05, 0) is 30.7 Å². The predicted octanol–water partition coefficient (Wildman–Crippen LogP) is 3.31. The molecule has 0 amide bonds. The van der Waals surface area contributed by atoms with Gasteiger partial charge in [0.15, 0.2) is 0 Å². The summed E-state index contributed by atoms with van der Waals surface area (Å²) in [6.07, 6.45) is 0.668. The van der Waals surface area contributed by atoms with E-state index >= 15 is 0 Å². The van der Waals surface area contributed by atoms with Crippen LogP contribution in [0.5, 0.6) is 0 Å². The quantitative estimate of drug-likeness (QED) is 0.807. The minimum atomic E-state index is -0.881. The van der Waals surface area contributed by atoms with Crippen LogP contribution >= 0.6 is 11.6 Å². The van der Waals surface area contributed by atoms with Crippen molar-refractivity contribution >= 4 is 11.6 Å². The number of hydrogen-bond acceptors (Lipinski definition) is 3. The zero-order valence-electron chi connectivity index (χ0n) is 11.4. The van der Waals surface area contributed by atoms with Crippen molar-refractivity contribution in [2.45, 2.75) is 13.0 Å². The Morgan fingerprint density at radius 3 is 2.62 bits per heavy atom. The standard InChI is InChI=1S/C16H14ClN3O/c1-11-7-8-13(14(17)9-11)16(21)15-10-18-19-20(15)12-5-3-2-4-6-12/h2-10,16,21H,1H3. The molecule has 3 rings (SSSR count). The summed E-state index contributed by atoms with van der Waals surface area (Å²) in [5.41, 5.74) is 3.10. The molecule has 1 atom stereocenters. The number of para-hydroxylation sites is 1. The summed E-state index contributed by atoms with van der Waals surface area (Å²) in [6, 6.07) is 15.1. The number of benzene rings is 2. The van der Waals surface area contributed by atoms with E-state index in [9.17, 15) is 5.11 Å². The average Bonchev–Trinajstić information content (AvgIpc) is 2.97. The van der Waals surface area contributed by atoms with Gasteiger partial charge in [0.2, 0.25) is 0 Å². The van der Waals surface area contributed by atoms with Gasteiger partial charge in [-0.2, -0.15) is 0 Å². The largest absolute Gasteiger partial charge is 0.382 e. The third-order valence-corrected chi connectivity index (χ3v) is 3.63. The molecular formula is C16H14ClN3O. The van der Waals surface area contributed by atoms with Crippen LogP contribution in [-0.2, 0) is 0 Å². The molecule has 1 aromatic heterocycles. The van der Waals surface area contributed by atoms with Crippen molar-refractivity contribution in [2.75, 3.05) is 0 Å². The highest BCUT2D eigenvalue weighted by Gasteiger charge is 2.19. The number of aryl methyl sites for hydroxylation is 1. The monoisotopic (exact) mass is 299 g/mol. The number of hydrogen-bond donors (Lipinski definition) is 1. The summed E-state index contributed by atoms with van der Waals surface area (Å²) in [5, 5.41) is 19.1. The second-order valence-corrected chi connectivity index (χ2v) is 5.24. The van der Waals surface area contributed by atoms with Crippen LogP contribution in [0.25, 0.3) is 5.69 Å². The van der Waals surface area contributed by atoms with E-state index in [0.717, 1.165) is 11.3 Å². The lowest BCUT2D eigenvalue weighted by molar-refractivity contribution is 0.212. The fourth-order valence-corrected chi connectivity index (χ4v) is 2.55. The topological polar surface area (TPSA) is 50.9 Å². The molecule has 0 saturated heterocycles. The first-order valence-electron chi connectivity index (χ1n) is 6.57. The van der Waals surface area contributed by atoms with Gasteiger partial charge in [0.05, 0.1) is 17.6 Å². The van der Waals surface area contributed by atoms with Gasteiger partial charge in [-0.15, -0.1) is 5.10 Å². The molecule has 0 aliphatic heterocycles. The second kappa shape index (κ2) is 5.68. The van der Waals surface area contributed by atoms with Gasteiger partial charge >= 0.3 is 0 Å². The highest BCUT2D eigenvalue weighted by Crippen LogP contribution is 2.29. The van der Waals surface area contributed by atoms with Gasteiger partial charge in [0.1, 0.15) is 6.10 Å². The van der Waals surface area contributed by atoms with Crippen molar-refractivity contribution in [3.63, 3.8) is 0 Å². The Bertz CT molecular complexity index is 755. The molecule has 1 N–H and O–H groups in total. The molecule has 0 aliphatic carbocycles. The maximum atomic E-state index is 10.6. The van der Waals surface area contributed by atoms with Gasteiger partial charge in [-0.25, -0.2) is 4.68 Å². The van der Waals surface area contributed by atoms with E-state index in [1.54, 1.807) is 10.9 Å². The van der Waals surface area contributed by atoms with E-state index in [1.807, 2.05) is 55.5 Å². The Hall–Kier alpha value is -2.17. The zero-order chi connectivity index (χ0) is 14.8. The molecule has 0 aliphatic rings. The van der Waals surface area contributed by atoms with Crippen molar-refractivity contribution in [3.05, 3.63) is 76.6 Å². The number of rotatable bonds is 3. The molecular weight excluding hydrogens is 286 g/mol. The van der Waals surface area contributed by atoms with Gasteiger partial charge in [0, 0.05) is 10.6 Å². The van der Waals surface area contributed by atoms with Crippen LogP contribution in [0.3, 0.4) is 0 Å². The third-order valence-electron chi connectivity index (χ3n) is 3.31. The number of aliphatic hydroxyl groups is 1. The lowest BCUT2D eigenvalue weighted by atomic mass is 10.0. The maximum Gasteiger partial charge on any atom is 0.124 e. The summed E-state index contributed by atoms with van der Waals surface area (Å²) in [6.45, 7) is 1.96. The molecule has 1 unspecified atom stereocenters. The van der Waals surface area contributed by atoms with Crippen molar-refractivity contribution in [3.8, 4) is 5.69 Å². The molecule has 106 valence electrons. The maximum absolute atomic E-state index is 10.6. The Kier molecular flexibility index (Phi) is 3.73. The molecule has 0 spiro atoms. The summed E-state index contributed by atoms with van der Waals surface area (Å²) >= 11 is 6.23. The van der Waals surface area contributed by atoms with E-state index in [2.05, 4.69) is 10.3 Å². The Balaban J connectivity index is 2.03. The van der Waals surface area contributed by atoms with Gasteiger partial charge in [-0.1, -0.05) is 47.1 Å². The number of nitrogens with zero attached hydrogens (tertiary/aromatic N) is 3. The normalized spacial score (nSPS) is 12.3. The number of aliphatic hydroxyl groups excluding tert-OH is 1. The molecule has 1 heterocycles. The second-order valence-electron chi connectivity index (χ2n) is 4.83. The van der Waals surface area contributed by atoms with Crippen molar-refractivity contribution in [2.24, 2.45) is 0 Å². The summed E-state index contributed by atoms with van der Waals surface area (Å²) < 4.78 is 1.61. The number of halogens is 1. The number of aromatic nitrogens is 3. The van der Waals surface area contributed by atoms with E-state index < -0.39 is 6.10 Å². The Morgan fingerprint density at radius 2 is 1.90 bits per heavy atom. The van der Waals surface area contributed by atoms with E-state index in [0.29, 0.717) is 16.3 Å². The van der Waals surface area contributed by atoms with Crippen molar-refractivity contribution in [1.29, 1.82) is 0 Å². The van der Waals surface area contributed by atoms with E-state index in [1.165, 1.54) is 0 Å². The van der Waals surface area contributed by atoms with Gasteiger partial charge < -0.3 is 5.11 Å². The molecule has 2 aromatic carbocycles. The molecule has 4 nitrogen and oxygen atoms in total. The van der Waals surface area contributed by atoms with Gasteiger partial charge in [0.25, 0.3) is 0 Å². The van der Waals surface area contributed by atoms with Crippen LogP contribution in [0, 0.1) is 6.92 Å². The Morgan fingerprint density at radius 1 is 1.14 bits per heavy atom. The highest BCUT2D eigenvalue weighted by atomic mass is 35.5. The summed E-state index contributed by atoms with van der Waals surface area (Å²) in [4.78, 5) is 0. The smallest absolute Gasteiger partial charge is 0.124 e. The van der Waals surface area contributed by atoms with Crippen LogP contribution in [-0.4, -0.2) is 20.1 Å². The van der Waals surface area contributed by atoms with Crippen LogP contribution in [0.15, 0.2) is 54.7 Å². The molecule has 0 saturated carbocycles. The highest BCUT2D eigenvalue weighted by molar-refractivity contribution is 6.31. The summed E-state index contributed by atoms with van der Waals surface area (Å²) in [7, 11) is 0. The van der Waals surface area contributed by atoms with Crippen molar-refractivity contribution in [1.82, 2.24) is 15.0 Å². The first-order valence-corrected chi connectivity index (χ1v) is 6.95. The van der Waals surface area contributed by atoms with Crippen LogP contribution in [0.4, 0.5) is 0 Å². The average molecular weight is 300 g/mol. The predicted molar refractivity (Wildman–Crippen MR) is 81.6 cm³/mol. The molecule has 21 heavy (non-hydrogen) atoms. The molecule has 0 radical (unpaired) electrons. The van der Waals surface area contributed by atoms with E-state index in [-0.39, 0.29) is 0 Å². The fraction of sp³-hybridized carbons (Fsp3) is 0.125. The fourth-order valence-electron chi connectivity index (χ4n) is 2.21. The zero-order valence-corrected chi connectivity index (χ0v) is 12.2. The molecule has 3 aromatic rings. The van der Waals surface area contributed by atoms with Crippen LogP contribution in [0.2, 0.25) is 5.02 Å².